The number of fused-ring (bicyclic) bond motifs is 7. The van der Waals surface area contributed by atoms with E-state index in [9.17, 15) is 0 Å². The topological polar surface area (TPSA) is 83.0 Å². The van der Waals surface area contributed by atoms with Gasteiger partial charge in [-0.3, -0.25) is 8.97 Å². The molecule has 0 saturated carbocycles. The summed E-state index contributed by atoms with van der Waals surface area (Å²) in [7, 11) is -3.26. The molecule has 0 saturated heterocycles. The minimum atomic E-state index is -3.26. The highest BCUT2D eigenvalue weighted by molar-refractivity contribution is 7.20. The van der Waals surface area contributed by atoms with Crippen LogP contribution in [0.5, 0.6) is 11.5 Å². The number of ether oxygens (including phenoxy) is 1. The molecular weight excluding hydrogens is 807 g/mol. The molecule has 292 valence electrons. The predicted octanol–water partition coefficient (Wildman–Crippen LogP) is 8.39. The van der Waals surface area contributed by atoms with E-state index in [2.05, 4.69) is 185 Å². The van der Waals surface area contributed by atoms with Gasteiger partial charge in [-0.1, -0.05) is 133 Å². The van der Waals surface area contributed by atoms with E-state index in [-0.39, 0.29) is 0 Å². The van der Waals surface area contributed by atoms with Gasteiger partial charge in [0.25, 0.3) is 0 Å². The normalized spacial score (nSPS) is 13.3. The molecule has 4 aromatic heterocycles. The van der Waals surface area contributed by atoms with Gasteiger partial charge in [-0.15, -0.1) is 0 Å². The van der Waals surface area contributed by atoms with E-state index in [1.807, 2.05) is 11.0 Å². The number of hydrogen-bond acceptors (Lipinski definition) is 8. The highest BCUT2D eigenvalue weighted by Gasteiger charge is 2.50. The molecule has 0 N–H and O–H groups in total. The summed E-state index contributed by atoms with van der Waals surface area (Å²) in [5, 5.41) is 4.87. The van der Waals surface area contributed by atoms with Gasteiger partial charge in [0.15, 0.2) is 8.07 Å². The second kappa shape index (κ2) is 14.3. The molecule has 5 heterocycles. The fraction of sp³-hybridized carbons (Fsp3) is 0.0600. The predicted molar refractivity (Wildman–Crippen MR) is 248 cm³/mol. The van der Waals surface area contributed by atoms with Crippen molar-refractivity contribution < 1.29 is 4.74 Å². The molecule has 0 aliphatic carbocycles. The third kappa shape index (κ3) is 5.51. The average Bonchev–Trinajstić information content (AvgIpc) is 4.15. The van der Waals surface area contributed by atoms with Crippen LogP contribution in [-0.2, 0) is 18.3 Å². The van der Waals surface area contributed by atoms with Gasteiger partial charge in [-0.2, -0.15) is 8.75 Å². The van der Waals surface area contributed by atoms with E-state index in [0.717, 1.165) is 73.0 Å². The first-order chi connectivity index (χ1) is 30.2. The van der Waals surface area contributed by atoms with Crippen molar-refractivity contribution in [2.24, 2.45) is 0 Å². The fourth-order valence-electron chi connectivity index (χ4n) is 9.88. The molecule has 0 spiro atoms. The van der Waals surface area contributed by atoms with Crippen molar-refractivity contribution in [1.82, 2.24) is 32.7 Å². The van der Waals surface area contributed by atoms with Crippen molar-refractivity contribution in [3.05, 3.63) is 210 Å². The molecule has 1 aliphatic heterocycles. The van der Waals surface area contributed by atoms with Crippen LogP contribution < -0.4 is 25.5 Å². The molecule has 1 aliphatic rings. The SMILES string of the molecule is c1ccc([Si](c2ccccc2)(c2cccc(-n3c4ccccc4n4c5ccccc5nc34)c2)c2cccc3c2Oc2ccccc2C3(Cc2ncsn2)Cc2ncsn2)cc1. The van der Waals surface area contributed by atoms with Crippen LogP contribution in [-0.4, -0.2) is 40.7 Å². The molecule has 0 unspecified atom stereocenters. The van der Waals surface area contributed by atoms with Crippen molar-refractivity contribution >= 4 is 79.7 Å². The van der Waals surface area contributed by atoms with Crippen LogP contribution in [0.25, 0.3) is 33.5 Å². The van der Waals surface area contributed by atoms with E-state index in [1.54, 1.807) is 0 Å². The van der Waals surface area contributed by atoms with Gasteiger partial charge in [0.05, 0.1) is 22.1 Å². The number of aromatic nitrogens is 7. The lowest BCUT2D eigenvalue weighted by Crippen LogP contribution is -2.75. The number of imidazole rings is 2. The van der Waals surface area contributed by atoms with Crippen molar-refractivity contribution in [2.45, 2.75) is 18.3 Å². The second-order valence-corrected chi connectivity index (χ2v) is 20.5. The smallest absolute Gasteiger partial charge is 0.220 e. The lowest BCUT2D eigenvalue weighted by atomic mass is 9.67. The molecular formula is C50H35N7OS2Si. The van der Waals surface area contributed by atoms with Gasteiger partial charge in [-0.05, 0) is 86.3 Å². The van der Waals surface area contributed by atoms with Gasteiger partial charge in [-0.25, -0.2) is 15.0 Å². The maximum atomic E-state index is 7.36. The lowest BCUT2D eigenvalue weighted by molar-refractivity contribution is 0.381. The molecule has 61 heavy (non-hydrogen) atoms. The van der Waals surface area contributed by atoms with Crippen LogP contribution in [0.4, 0.5) is 0 Å². The van der Waals surface area contributed by atoms with E-state index in [1.165, 1.54) is 38.6 Å². The van der Waals surface area contributed by atoms with Gasteiger partial charge < -0.3 is 4.74 Å². The minimum absolute atomic E-state index is 0.558. The third-order valence-corrected chi connectivity index (χ3v) is 18.1. The number of hydrogen-bond donors (Lipinski definition) is 0. The van der Waals surface area contributed by atoms with Crippen LogP contribution in [0.15, 0.2) is 187 Å². The largest absolute Gasteiger partial charge is 0.457 e. The fourth-order valence-corrected chi connectivity index (χ4v) is 15.7. The maximum absolute atomic E-state index is 7.36. The highest BCUT2D eigenvalue weighted by Crippen LogP contribution is 2.51. The molecule has 7 aromatic carbocycles. The molecule has 11 heteroatoms. The quantitative estimate of drug-likeness (QED) is 0.107. The standard InChI is InChI=1S/C50H35N7OS2Si/c1-3-16-35(17-4-1)61(36-18-5-2-6-19-36,37-20-13-15-34(29-37)56-42-25-10-11-26-43(42)57-41-24-9-8-23-40(41)53-49(56)57)45-28-14-22-39-48(45)58-44-27-12-7-21-38(44)50(39,30-46-51-32-59-54-46)31-47-52-33-60-55-47/h1-29,32-33H,30-31H2. The van der Waals surface area contributed by atoms with E-state index >= 15 is 0 Å². The Balaban J connectivity index is 1.17. The first kappa shape index (κ1) is 35.9. The molecule has 0 atom stereocenters. The van der Waals surface area contributed by atoms with Crippen molar-refractivity contribution in [3.8, 4) is 17.2 Å². The van der Waals surface area contributed by atoms with Crippen molar-refractivity contribution in [3.63, 3.8) is 0 Å². The van der Waals surface area contributed by atoms with Gasteiger partial charge >= 0.3 is 0 Å². The van der Waals surface area contributed by atoms with E-state index < -0.39 is 13.5 Å². The Morgan fingerprint density at radius 3 is 1.84 bits per heavy atom. The summed E-state index contributed by atoms with van der Waals surface area (Å²) in [5.74, 6) is 4.13. The summed E-state index contributed by atoms with van der Waals surface area (Å²) in [6.07, 6.45) is 1.12. The maximum Gasteiger partial charge on any atom is 0.220 e. The van der Waals surface area contributed by atoms with Gasteiger partial charge in [0.2, 0.25) is 5.78 Å². The monoisotopic (exact) mass is 841 g/mol. The second-order valence-electron chi connectivity index (χ2n) is 15.5. The number of nitrogens with zero attached hydrogens (tertiary/aromatic N) is 7. The van der Waals surface area contributed by atoms with Crippen LogP contribution in [0.2, 0.25) is 0 Å². The first-order valence-electron chi connectivity index (χ1n) is 20.2. The number of benzene rings is 7. The zero-order valence-electron chi connectivity index (χ0n) is 32.7. The molecule has 12 rings (SSSR count). The molecule has 11 aromatic rings. The average molecular weight is 842 g/mol. The van der Waals surface area contributed by atoms with E-state index in [4.69, 9.17) is 28.4 Å². The Hall–Kier alpha value is -7.05. The summed E-state index contributed by atoms with van der Waals surface area (Å²) < 4.78 is 21.5. The Bertz CT molecular complexity index is 3290. The van der Waals surface area contributed by atoms with E-state index in [0.29, 0.717) is 12.8 Å². The zero-order chi connectivity index (χ0) is 40.4. The number of para-hydroxylation sites is 6. The van der Waals surface area contributed by atoms with Crippen molar-refractivity contribution in [1.29, 1.82) is 0 Å². The Labute approximate surface area is 360 Å². The van der Waals surface area contributed by atoms with Crippen LogP contribution in [0.1, 0.15) is 22.8 Å². The van der Waals surface area contributed by atoms with Gasteiger partial charge in [0, 0.05) is 35.1 Å². The van der Waals surface area contributed by atoms with Crippen LogP contribution >= 0.6 is 23.1 Å². The summed E-state index contributed by atoms with van der Waals surface area (Å²) in [4.78, 5) is 14.8. The van der Waals surface area contributed by atoms with Crippen LogP contribution in [0.3, 0.4) is 0 Å². The summed E-state index contributed by atoms with van der Waals surface area (Å²) in [6.45, 7) is 0. The molecule has 0 bridgehead atoms. The van der Waals surface area contributed by atoms with Crippen LogP contribution in [0, 0.1) is 0 Å². The zero-order valence-corrected chi connectivity index (χ0v) is 35.3. The minimum Gasteiger partial charge on any atom is -0.457 e. The summed E-state index contributed by atoms with van der Waals surface area (Å²) in [6, 6.07) is 63.4. The Kier molecular flexibility index (Phi) is 8.41. The highest BCUT2D eigenvalue weighted by atomic mass is 32.1. The lowest BCUT2D eigenvalue weighted by Gasteiger charge is -2.43. The summed E-state index contributed by atoms with van der Waals surface area (Å²) in [5.41, 5.74) is 10.4. The Morgan fingerprint density at radius 1 is 0.541 bits per heavy atom. The summed E-state index contributed by atoms with van der Waals surface area (Å²) >= 11 is 2.75. The molecule has 0 radical (unpaired) electrons. The molecule has 0 fully saturated rings. The molecule has 0 amide bonds. The van der Waals surface area contributed by atoms with Crippen molar-refractivity contribution in [2.75, 3.05) is 0 Å². The number of rotatable bonds is 9. The third-order valence-electron chi connectivity index (χ3n) is 12.3. The molecule has 8 nitrogen and oxygen atoms in total. The first-order valence-corrected chi connectivity index (χ1v) is 23.9. The Morgan fingerprint density at radius 2 is 1.13 bits per heavy atom. The van der Waals surface area contributed by atoms with Gasteiger partial charge in [0.1, 0.15) is 34.2 Å².